The predicted molar refractivity (Wildman–Crippen MR) is 108 cm³/mol. The quantitative estimate of drug-likeness (QED) is 0.654. The Kier molecular flexibility index (Phi) is 5.12. The molecule has 1 fully saturated rings. The molecule has 5 nitrogen and oxygen atoms in total. The number of rotatable bonds is 4. The monoisotopic (exact) mass is 382 g/mol. The van der Waals surface area contributed by atoms with Crippen molar-refractivity contribution in [2.45, 2.75) is 38.5 Å². The molecule has 1 atom stereocenters. The third-order valence-electron chi connectivity index (χ3n) is 5.82. The maximum absolute atomic E-state index is 12.6. The molecule has 27 heavy (non-hydrogen) atoms. The Labute approximate surface area is 163 Å². The van der Waals surface area contributed by atoms with Gasteiger partial charge in [0.25, 0.3) is 0 Å². The molecule has 1 aliphatic carbocycles. The summed E-state index contributed by atoms with van der Waals surface area (Å²) in [6.45, 7) is 2.04. The molecule has 1 amide bonds. The van der Waals surface area contributed by atoms with E-state index in [1.165, 1.54) is 5.56 Å². The summed E-state index contributed by atoms with van der Waals surface area (Å²) in [5.41, 5.74) is 4.07. The highest BCUT2D eigenvalue weighted by molar-refractivity contribution is 6.30. The van der Waals surface area contributed by atoms with Gasteiger partial charge in [0, 0.05) is 22.8 Å². The van der Waals surface area contributed by atoms with Crippen LogP contribution in [0.25, 0.3) is 11.0 Å². The van der Waals surface area contributed by atoms with Crippen molar-refractivity contribution in [2.75, 3.05) is 5.32 Å². The van der Waals surface area contributed by atoms with Crippen LogP contribution in [0, 0.1) is 11.8 Å². The molecule has 3 aromatic rings. The van der Waals surface area contributed by atoms with E-state index >= 15 is 0 Å². The predicted octanol–water partition coefficient (Wildman–Crippen LogP) is 5.16. The standard InChI is InChI=1S/C21H23ClN4O/c1-13(21(27)25-17-8-6-16(22)7-9-17)14-2-4-15(5-3-14)18-10-11-23-19-12-24-26-20(18)19/h6-15H,2-5H2,1H3,(H,24,26)(H,25,27)/t13-,14-,15+/m0/s1. The number of halogens is 1. The van der Waals surface area contributed by atoms with Crippen LogP contribution in [0.1, 0.15) is 44.1 Å². The van der Waals surface area contributed by atoms with E-state index < -0.39 is 0 Å². The zero-order valence-corrected chi connectivity index (χ0v) is 16.0. The smallest absolute Gasteiger partial charge is 0.227 e. The fraction of sp³-hybridized carbons (Fsp3) is 0.381. The third-order valence-corrected chi connectivity index (χ3v) is 6.07. The summed E-state index contributed by atoms with van der Waals surface area (Å²) in [6.07, 6.45) is 7.91. The molecule has 0 spiro atoms. The summed E-state index contributed by atoms with van der Waals surface area (Å²) >= 11 is 5.90. The number of anilines is 1. The van der Waals surface area contributed by atoms with Crippen molar-refractivity contribution in [1.82, 2.24) is 15.2 Å². The Morgan fingerprint density at radius 3 is 2.67 bits per heavy atom. The molecule has 2 heterocycles. The molecule has 0 radical (unpaired) electrons. The lowest BCUT2D eigenvalue weighted by Gasteiger charge is -2.32. The van der Waals surface area contributed by atoms with E-state index in [9.17, 15) is 4.79 Å². The zero-order valence-electron chi connectivity index (χ0n) is 15.3. The second-order valence-corrected chi connectivity index (χ2v) is 7.86. The molecule has 0 bridgehead atoms. The largest absolute Gasteiger partial charge is 0.326 e. The lowest BCUT2D eigenvalue weighted by Crippen LogP contribution is -2.29. The van der Waals surface area contributed by atoms with Crippen molar-refractivity contribution in [3.8, 4) is 0 Å². The first-order valence-corrected chi connectivity index (χ1v) is 9.84. The summed E-state index contributed by atoms with van der Waals surface area (Å²) < 4.78 is 0. The number of hydrogen-bond donors (Lipinski definition) is 2. The molecule has 0 aliphatic heterocycles. The van der Waals surface area contributed by atoms with Gasteiger partial charge in [-0.1, -0.05) is 18.5 Å². The van der Waals surface area contributed by atoms with E-state index in [0.717, 1.165) is 42.4 Å². The molecular formula is C21H23ClN4O. The molecule has 140 valence electrons. The normalized spacial score (nSPS) is 21.1. The van der Waals surface area contributed by atoms with Gasteiger partial charge in [-0.2, -0.15) is 5.10 Å². The van der Waals surface area contributed by atoms with Gasteiger partial charge in [0.1, 0.15) is 5.52 Å². The van der Waals surface area contributed by atoms with E-state index in [0.29, 0.717) is 16.9 Å². The summed E-state index contributed by atoms with van der Waals surface area (Å²) in [4.78, 5) is 17.0. The van der Waals surface area contributed by atoms with Crippen molar-refractivity contribution in [3.63, 3.8) is 0 Å². The first-order valence-electron chi connectivity index (χ1n) is 9.46. The van der Waals surface area contributed by atoms with E-state index in [2.05, 4.69) is 26.6 Å². The first-order chi connectivity index (χ1) is 13.1. The SMILES string of the molecule is C[C@H](C(=O)Nc1ccc(Cl)cc1)[C@H]1CC[C@@H](c2ccnc3cn[nH]c32)CC1. The van der Waals surface area contributed by atoms with Crippen LogP contribution in [0.5, 0.6) is 0 Å². The van der Waals surface area contributed by atoms with Gasteiger partial charge in [0.15, 0.2) is 0 Å². The molecule has 6 heteroatoms. The van der Waals surface area contributed by atoms with Gasteiger partial charge in [-0.05, 0) is 73.4 Å². The number of H-pyrrole nitrogens is 1. The van der Waals surface area contributed by atoms with Crippen LogP contribution in [0.4, 0.5) is 5.69 Å². The van der Waals surface area contributed by atoms with Crippen molar-refractivity contribution in [2.24, 2.45) is 11.8 Å². The zero-order chi connectivity index (χ0) is 18.8. The number of benzene rings is 1. The van der Waals surface area contributed by atoms with Gasteiger partial charge in [-0.25, -0.2) is 0 Å². The highest BCUT2D eigenvalue weighted by atomic mass is 35.5. The van der Waals surface area contributed by atoms with E-state index in [1.807, 2.05) is 25.3 Å². The Morgan fingerprint density at radius 2 is 1.93 bits per heavy atom. The molecule has 1 aromatic carbocycles. The Balaban J connectivity index is 1.37. The van der Waals surface area contributed by atoms with Crippen molar-refractivity contribution < 1.29 is 4.79 Å². The van der Waals surface area contributed by atoms with E-state index in [1.54, 1.807) is 18.3 Å². The van der Waals surface area contributed by atoms with Crippen LogP contribution in [-0.2, 0) is 4.79 Å². The molecule has 4 rings (SSSR count). The Morgan fingerprint density at radius 1 is 1.19 bits per heavy atom. The van der Waals surface area contributed by atoms with Gasteiger partial charge in [-0.3, -0.25) is 14.9 Å². The van der Waals surface area contributed by atoms with Crippen LogP contribution >= 0.6 is 11.6 Å². The second kappa shape index (κ2) is 7.69. The minimum Gasteiger partial charge on any atom is -0.326 e. The van der Waals surface area contributed by atoms with Crippen molar-refractivity contribution in [1.29, 1.82) is 0 Å². The Hall–Kier alpha value is -2.40. The number of nitrogens with one attached hydrogen (secondary N) is 2. The lowest BCUT2D eigenvalue weighted by molar-refractivity contribution is -0.121. The lowest BCUT2D eigenvalue weighted by atomic mass is 9.74. The minimum atomic E-state index is -0.00811. The third kappa shape index (κ3) is 3.83. The van der Waals surface area contributed by atoms with Crippen molar-refractivity contribution >= 4 is 34.2 Å². The van der Waals surface area contributed by atoms with Gasteiger partial charge in [-0.15, -0.1) is 0 Å². The van der Waals surface area contributed by atoms with Crippen molar-refractivity contribution in [3.05, 3.63) is 53.3 Å². The number of aromatic nitrogens is 3. The Bertz CT molecular complexity index is 929. The fourth-order valence-corrected chi connectivity index (χ4v) is 4.27. The summed E-state index contributed by atoms with van der Waals surface area (Å²) in [5.74, 6) is 0.984. The highest BCUT2D eigenvalue weighted by Crippen LogP contribution is 2.40. The van der Waals surface area contributed by atoms with Crippen LogP contribution in [0.2, 0.25) is 5.02 Å². The summed E-state index contributed by atoms with van der Waals surface area (Å²) in [6, 6.07) is 9.35. The molecule has 1 aliphatic rings. The number of carbonyl (C=O) groups excluding carboxylic acids is 1. The molecule has 0 unspecified atom stereocenters. The fourth-order valence-electron chi connectivity index (χ4n) is 4.15. The average molecular weight is 383 g/mol. The minimum absolute atomic E-state index is 0.00811. The molecule has 1 saturated carbocycles. The van der Waals surface area contributed by atoms with Crippen LogP contribution in [0.3, 0.4) is 0 Å². The number of hydrogen-bond acceptors (Lipinski definition) is 3. The summed E-state index contributed by atoms with van der Waals surface area (Å²) in [5, 5.41) is 10.9. The number of amides is 1. The molecular weight excluding hydrogens is 360 g/mol. The maximum atomic E-state index is 12.6. The van der Waals surface area contributed by atoms with Crippen LogP contribution in [0.15, 0.2) is 42.7 Å². The first kappa shape index (κ1) is 18.0. The number of pyridine rings is 1. The maximum Gasteiger partial charge on any atom is 0.227 e. The van der Waals surface area contributed by atoms with Gasteiger partial charge in [0.05, 0.1) is 11.7 Å². The van der Waals surface area contributed by atoms with Gasteiger partial charge >= 0.3 is 0 Å². The van der Waals surface area contributed by atoms with E-state index in [4.69, 9.17) is 11.6 Å². The van der Waals surface area contributed by atoms with Gasteiger partial charge in [0.2, 0.25) is 5.91 Å². The number of nitrogens with zero attached hydrogens (tertiary/aromatic N) is 2. The number of aromatic amines is 1. The number of fused-ring (bicyclic) bond motifs is 1. The summed E-state index contributed by atoms with van der Waals surface area (Å²) in [7, 11) is 0. The molecule has 0 saturated heterocycles. The van der Waals surface area contributed by atoms with Crippen LogP contribution < -0.4 is 5.32 Å². The topological polar surface area (TPSA) is 70.7 Å². The second-order valence-electron chi connectivity index (χ2n) is 7.43. The van der Waals surface area contributed by atoms with E-state index in [-0.39, 0.29) is 11.8 Å². The molecule has 2 N–H and O–H groups in total. The van der Waals surface area contributed by atoms with Crippen LogP contribution in [-0.4, -0.2) is 21.1 Å². The highest BCUT2D eigenvalue weighted by Gasteiger charge is 2.30. The average Bonchev–Trinajstić information content (AvgIpc) is 3.18. The van der Waals surface area contributed by atoms with Gasteiger partial charge < -0.3 is 5.32 Å². The number of carbonyl (C=O) groups is 1. The molecule has 2 aromatic heterocycles.